The first kappa shape index (κ1) is 32.4. The average molecular weight is 484 g/mol. The zero-order valence-electron chi connectivity index (χ0n) is 25.8. The Bertz CT molecular complexity index is 1020. The lowest BCUT2D eigenvalue weighted by molar-refractivity contribution is -0.116. The monoisotopic (exact) mass is 484 g/mol. The Morgan fingerprint density at radius 3 is 1.92 bits per heavy atom. The number of allylic oxidation sites excluding steroid dienone is 10. The minimum absolute atomic E-state index is 0.0385. The van der Waals surface area contributed by atoms with Gasteiger partial charge in [-0.1, -0.05) is 46.2 Å². The van der Waals surface area contributed by atoms with Gasteiger partial charge in [-0.25, -0.2) is 0 Å². The van der Waals surface area contributed by atoms with E-state index in [4.69, 9.17) is 0 Å². The number of rotatable bonds is 12. The molecule has 0 radical (unpaired) electrons. The molecule has 0 aromatic carbocycles. The molecule has 0 amide bonds. The third-order valence-electron chi connectivity index (χ3n) is 9.58. The summed E-state index contributed by atoms with van der Waals surface area (Å²) in [5, 5.41) is 0.220. The summed E-state index contributed by atoms with van der Waals surface area (Å²) in [7, 11) is 11.8. The van der Waals surface area contributed by atoms with Crippen LogP contribution in [0, 0.1) is 5.92 Å². The highest BCUT2D eigenvalue weighted by Crippen LogP contribution is 2.52. The normalized spacial score (nSPS) is 17.1. The maximum Gasteiger partial charge on any atom is 0.185 e. The van der Waals surface area contributed by atoms with Gasteiger partial charge >= 0.3 is 0 Å². The van der Waals surface area contributed by atoms with Crippen molar-refractivity contribution in [3.8, 4) is 0 Å². The van der Waals surface area contributed by atoms with Crippen LogP contribution in [-0.2, 0) is 9.59 Å². The molecule has 0 spiro atoms. The minimum Gasteiger partial charge on any atom is -0.289 e. The molecule has 0 saturated heterocycles. The third-order valence-corrected chi connectivity index (χ3v) is 9.58. The van der Waals surface area contributed by atoms with Crippen molar-refractivity contribution < 1.29 is 9.59 Å². The van der Waals surface area contributed by atoms with Gasteiger partial charge in [0.15, 0.2) is 11.6 Å². The molecule has 0 aromatic rings. The van der Waals surface area contributed by atoms with Crippen LogP contribution < -0.4 is 0 Å². The van der Waals surface area contributed by atoms with E-state index >= 15 is 0 Å². The molecule has 0 bridgehead atoms. The van der Waals surface area contributed by atoms with E-state index in [-0.39, 0.29) is 22.0 Å². The van der Waals surface area contributed by atoms with E-state index in [1.165, 1.54) is 22.2 Å². The Morgan fingerprint density at radius 1 is 0.806 bits per heavy atom. The van der Waals surface area contributed by atoms with Gasteiger partial charge in [-0.2, -0.15) is 0 Å². The topological polar surface area (TPSA) is 34.1 Å². The maximum absolute atomic E-state index is 12.7. The largest absolute Gasteiger partial charge is 0.289 e. The fraction of sp³-hybridized carbons (Fsp3) is 0.586. The van der Waals surface area contributed by atoms with Crippen molar-refractivity contribution in [2.45, 2.75) is 104 Å². The van der Waals surface area contributed by atoms with Gasteiger partial charge in [0.1, 0.15) is 39.2 Å². The Labute approximate surface area is 227 Å². The lowest BCUT2D eigenvalue weighted by Crippen LogP contribution is -2.36. The second-order valence-corrected chi connectivity index (χ2v) is 12.6. The first-order chi connectivity index (χ1) is 16.5. The highest BCUT2D eigenvalue weighted by molar-refractivity contribution is 6.59. The minimum atomic E-state index is 0.0385. The standard InChI is InChI=1S/C29H49B5O2/c1-17(2)27(30)29(33,34)28(31,32)20(5)14-10-13-18(3)11-9-12-19(4)15-16-24-23(8)25(35)21(6)22(7)26(24)36/h11,14,19H,9-10,12-13,15-16,30-34H2,1-8H3/b18-11+,20-14+/t19-/m0/s1. The van der Waals surface area contributed by atoms with Gasteiger partial charge in [0.2, 0.25) is 0 Å². The molecular formula is C29H49B5O2. The summed E-state index contributed by atoms with van der Waals surface area (Å²) in [4.78, 5) is 25.0. The number of Topliss-reactive ketones (excluding diaryl/α,β-unsaturated/α-hetero) is 2. The van der Waals surface area contributed by atoms with Crippen molar-refractivity contribution in [1.82, 2.24) is 0 Å². The molecule has 192 valence electrons. The molecule has 1 aliphatic carbocycles. The van der Waals surface area contributed by atoms with E-state index in [2.05, 4.69) is 86.0 Å². The Hall–Kier alpha value is -1.64. The van der Waals surface area contributed by atoms with Gasteiger partial charge < -0.3 is 0 Å². The van der Waals surface area contributed by atoms with Crippen molar-refractivity contribution in [3.63, 3.8) is 0 Å². The fourth-order valence-electron chi connectivity index (χ4n) is 5.07. The molecule has 1 atom stereocenters. The SMILES string of the molecule is BC(=C(C)C)C(B)(B)C(B)(B)/C(C)=C/CC/C(C)=C/CC[C@H](C)CCC1=C(C)C(=O)C(C)=C(C)C1=O. The summed E-state index contributed by atoms with van der Waals surface area (Å²) in [5.74, 6) is 0.628. The fourth-order valence-corrected chi connectivity index (χ4v) is 5.07. The second kappa shape index (κ2) is 13.2. The summed E-state index contributed by atoms with van der Waals surface area (Å²) in [5.41, 5.74) is 8.43. The predicted molar refractivity (Wildman–Crippen MR) is 172 cm³/mol. The summed E-state index contributed by atoms with van der Waals surface area (Å²) in [6.07, 6.45) is 10.8. The number of carbonyl (C=O) groups is 2. The lowest BCUT2D eigenvalue weighted by Gasteiger charge is -2.46. The number of ketones is 2. The molecule has 2 nitrogen and oxygen atoms in total. The van der Waals surface area contributed by atoms with Crippen LogP contribution in [-0.4, -0.2) is 50.8 Å². The summed E-state index contributed by atoms with van der Waals surface area (Å²) < 4.78 is 0. The van der Waals surface area contributed by atoms with Gasteiger partial charge in [0.25, 0.3) is 0 Å². The van der Waals surface area contributed by atoms with Gasteiger partial charge in [0, 0.05) is 22.3 Å². The average Bonchev–Trinajstić information content (AvgIpc) is 2.80. The van der Waals surface area contributed by atoms with Crippen LogP contribution in [0.2, 0.25) is 10.4 Å². The quantitative estimate of drug-likeness (QED) is 0.242. The number of hydrogen-bond acceptors (Lipinski definition) is 2. The van der Waals surface area contributed by atoms with Crippen LogP contribution in [0.3, 0.4) is 0 Å². The predicted octanol–water partition coefficient (Wildman–Crippen LogP) is 3.35. The van der Waals surface area contributed by atoms with Crippen molar-refractivity contribution in [2.24, 2.45) is 5.92 Å². The number of hydrogen-bond donors (Lipinski definition) is 0. The van der Waals surface area contributed by atoms with Crippen LogP contribution in [0.25, 0.3) is 0 Å². The first-order valence-corrected chi connectivity index (χ1v) is 13.9. The van der Waals surface area contributed by atoms with Crippen molar-refractivity contribution in [1.29, 1.82) is 0 Å². The van der Waals surface area contributed by atoms with E-state index in [0.717, 1.165) is 37.7 Å². The van der Waals surface area contributed by atoms with E-state index in [0.29, 0.717) is 29.1 Å². The van der Waals surface area contributed by atoms with Gasteiger partial charge in [-0.05, 0) is 92.9 Å². The molecule has 0 aliphatic heterocycles. The Kier molecular flexibility index (Phi) is 11.9. The molecule has 0 fully saturated rings. The molecule has 7 heteroatoms. The first-order valence-electron chi connectivity index (χ1n) is 13.9. The smallest absolute Gasteiger partial charge is 0.185 e. The molecule has 0 heterocycles. The summed E-state index contributed by atoms with van der Waals surface area (Å²) in [6.45, 7) is 16.6. The van der Waals surface area contributed by atoms with E-state index in [1.807, 2.05) is 6.92 Å². The Morgan fingerprint density at radius 2 is 1.36 bits per heavy atom. The molecule has 0 unspecified atom stereocenters. The molecule has 0 N–H and O–H groups in total. The molecular weight excluding hydrogens is 434 g/mol. The van der Waals surface area contributed by atoms with Gasteiger partial charge in [0.05, 0.1) is 0 Å². The van der Waals surface area contributed by atoms with Gasteiger partial charge in [-0.15, -0.1) is 5.47 Å². The highest BCUT2D eigenvalue weighted by atomic mass is 16.1. The second-order valence-electron chi connectivity index (χ2n) is 12.6. The third kappa shape index (κ3) is 7.69. The van der Waals surface area contributed by atoms with Crippen LogP contribution in [0.4, 0.5) is 0 Å². The van der Waals surface area contributed by atoms with Crippen molar-refractivity contribution in [3.05, 3.63) is 56.6 Å². The molecule has 36 heavy (non-hydrogen) atoms. The zero-order valence-corrected chi connectivity index (χ0v) is 25.8. The summed E-state index contributed by atoms with van der Waals surface area (Å²) in [6, 6.07) is 0. The van der Waals surface area contributed by atoms with Crippen LogP contribution in [0.15, 0.2) is 56.6 Å². The molecule has 0 aromatic heterocycles. The van der Waals surface area contributed by atoms with E-state index in [9.17, 15) is 9.59 Å². The van der Waals surface area contributed by atoms with Crippen molar-refractivity contribution in [2.75, 3.05) is 0 Å². The molecule has 1 rings (SSSR count). The van der Waals surface area contributed by atoms with E-state index < -0.39 is 0 Å². The van der Waals surface area contributed by atoms with Crippen LogP contribution in [0.1, 0.15) is 93.9 Å². The van der Waals surface area contributed by atoms with Crippen molar-refractivity contribution >= 4 is 50.8 Å². The van der Waals surface area contributed by atoms with Crippen LogP contribution >= 0.6 is 0 Å². The highest BCUT2D eigenvalue weighted by Gasteiger charge is 2.38. The van der Waals surface area contributed by atoms with E-state index in [1.54, 1.807) is 13.8 Å². The molecule has 1 aliphatic rings. The summed E-state index contributed by atoms with van der Waals surface area (Å²) >= 11 is 0. The zero-order chi connectivity index (χ0) is 28.0. The molecule has 0 saturated carbocycles. The van der Waals surface area contributed by atoms with Gasteiger partial charge in [-0.3, -0.25) is 9.59 Å². The Balaban J connectivity index is 2.60. The maximum atomic E-state index is 12.7. The number of carbonyl (C=O) groups excluding carboxylic acids is 2. The lowest BCUT2D eigenvalue weighted by atomic mass is 9.24. The van der Waals surface area contributed by atoms with Crippen LogP contribution in [0.5, 0.6) is 0 Å².